The van der Waals surface area contributed by atoms with E-state index in [1.807, 2.05) is 11.8 Å². The Balaban J connectivity index is 1.93. The van der Waals surface area contributed by atoms with Gasteiger partial charge in [-0.2, -0.15) is 13.2 Å². The van der Waals surface area contributed by atoms with Crippen molar-refractivity contribution >= 4 is 11.6 Å². The average molecular weight is 302 g/mol. The van der Waals surface area contributed by atoms with Crippen molar-refractivity contribution in [1.29, 1.82) is 0 Å². The lowest BCUT2D eigenvalue weighted by atomic mass is 10.2. The standard InChI is InChI=1S/C14H17F3N2O2/c1-10-8-19(5-6-21-10)9-13(20)18-12-4-2-3-11(7-12)14(15,16)17/h2-4,7,10H,5-6,8-9H2,1H3,(H,18,20). The maximum absolute atomic E-state index is 12.6. The number of anilines is 1. The Morgan fingerprint density at radius 2 is 2.24 bits per heavy atom. The Hall–Kier alpha value is -1.60. The summed E-state index contributed by atoms with van der Waals surface area (Å²) < 4.78 is 43.1. The lowest BCUT2D eigenvalue weighted by molar-refractivity contribution is -0.137. The van der Waals surface area contributed by atoms with Gasteiger partial charge in [-0.15, -0.1) is 0 Å². The highest BCUT2D eigenvalue weighted by molar-refractivity contribution is 5.92. The third-order valence-electron chi connectivity index (χ3n) is 3.17. The zero-order valence-corrected chi connectivity index (χ0v) is 11.6. The first-order valence-corrected chi connectivity index (χ1v) is 6.65. The molecule has 1 aromatic carbocycles. The molecule has 1 atom stereocenters. The summed E-state index contributed by atoms with van der Waals surface area (Å²) in [6.45, 7) is 3.88. The van der Waals surface area contributed by atoms with E-state index in [0.29, 0.717) is 19.7 Å². The number of nitrogens with one attached hydrogen (secondary N) is 1. The van der Waals surface area contributed by atoms with Crippen molar-refractivity contribution in [1.82, 2.24) is 4.90 Å². The molecule has 21 heavy (non-hydrogen) atoms. The highest BCUT2D eigenvalue weighted by Gasteiger charge is 2.30. The van der Waals surface area contributed by atoms with Crippen molar-refractivity contribution < 1.29 is 22.7 Å². The first-order valence-electron chi connectivity index (χ1n) is 6.65. The number of hydrogen-bond acceptors (Lipinski definition) is 3. The van der Waals surface area contributed by atoms with Crippen molar-refractivity contribution in [3.63, 3.8) is 0 Å². The van der Waals surface area contributed by atoms with Crippen LogP contribution in [0, 0.1) is 0 Å². The number of nitrogens with zero attached hydrogens (tertiary/aromatic N) is 1. The highest BCUT2D eigenvalue weighted by Crippen LogP contribution is 2.30. The zero-order chi connectivity index (χ0) is 15.5. The predicted octanol–water partition coefficient (Wildman–Crippen LogP) is 2.36. The number of benzene rings is 1. The van der Waals surface area contributed by atoms with Crippen molar-refractivity contribution in [2.75, 3.05) is 31.6 Å². The normalized spacial score (nSPS) is 20.3. The van der Waals surface area contributed by atoms with Crippen molar-refractivity contribution in [3.8, 4) is 0 Å². The quantitative estimate of drug-likeness (QED) is 0.932. The molecule has 1 amide bonds. The van der Waals surface area contributed by atoms with E-state index >= 15 is 0 Å². The SMILES string of the molecule is CC1CN(CC(=O)Nc2cccc(C(F)(F)F)c2)CCO1. The first kappa shape index (κ1) is 15.8. The third-order valence-corrected chi connectivity index (χ3v) is 3.17. The van der Waals surface area contributed by atoms with E-state index in [1.165, 1.54) is 12.1 Å². The molecule has 1 fully saturated rings. The van der Waals surface area contributed by atoms with Gasteiger partial charge in [0, 0.05) is 18.8 Å². The summed E-state index contributed by atoms with van der Waals surface area (Å²) in [6, 6.07) is 4.61. The van der Waals surface area contributed by atoms with Gasteiger partial charge in [-0.3, -0.25) is 9.69 Å². The van der Waals surface area contributed by atoms with Gasteiger partial charge in [-0.05, 0) is 25.1 Å². The minimum Gasteiger partial charge on any atom is -0.376 e. The third kappa shape index (κ3) is 4.71. The van der Waals surface area contributed by atoms with Gasteiger partial charge in [0.1, 0.15) is 0 Å². The molecule has 4 nitrogen and oxygen atoms in total. The van der Waals surface area contributed by atoms with Crippen molar-refractivity contribution in [3.05, 3.63) is 29.8 Å². The summed E-state index contributed by atoms with van der Waals surface area (Å²) in [5.74, 6) is -0.330. The second-order valence-electron chi connectivity index (χ2n) is 5.04. The van der Waals surface area contributed by atoms with Gasteiger partial charge in [0.25, 0.3) is 0 Å². The summed E-state index contributed by atoms with van der Waals surface area (Å²) in [6.07, 6.45) is -4.36. The van der Waals surface area contributed by atoms with Gasteiger partial charge in [-0.25, -0.2) is 0 Å². The van der Waals surface area contributed by atoms with Crippen LogP contribution in [-0.2, 0) is 15.7 Å². The molecule has 1 saturated heterocycles. The van der Waals surface area contributed by atoms with Crippen LogP contribution in [0.15, 0.2) is 24.3 Å². The maximum Gasteiger partial charge on any atom is 0.416 e. The van der Waals surface area contributed by atoms with Crippen LogP contribution in [0.25, 0.3) is 0 Å². The molecule has 116 valence electrons. The zero-order valence-electron chi connectivity index (χ0n) is 11.6. The van der Waals surface area contributed by atoms with E-state index in [0.717, 1.165) is 12.1 Å². The number of morpholine rings is 1. The number of carbonyl (C=O) groups excluding carboxylic acids is 1. The van der Waals surface area contributed by atoms with Crippen LogP contribution in [0.1, 0.15) is 12.5 Å². The van der Waals surface area contributed by atoms with E-state index in [9.17, 15) is 18.0 Å². The van der Waals surface area contributed by atoms with Gasteiger partial charge in [0.15, 0.2) is 0 Å². The number of halogens is 3. The number of carbonyl (C=O) groups is 1. The molecule has 0 radical (unpaired) electrons. The van der Waals surface area contributed by atoms with Crippen LogP contribution in [0.2, 0.25) is 0 Å². The maximum atomic E-state index is 12.6. The molecule has 0 saturated carbocycles. The number of alkyl halides is 3. The number of rotatable bonds is 3. The fraction of sp³-hybridized carbons (Fsp3) is 0.500. The molecule has 0 spiro atoms. The van der Waals surface area contributed by atoms with E-state index in [2.05, 4.69) is 5.32 Å². The summed E-state index contributed by atoms with van der Waals surface area (Å²) in [7, 11) is 0. The minimum absolute atomic E-state index is 0.0557. The van der Waals surface area contributed by atoms with Crippen LogP contribution in [0.3, 0.4) is 0 Å². The van der Waals surface area contributed by atoms with Crippen molar-refractivity contribution in [2.45, 2.75) is 19.2 Å². The fourth-order valence-corrected chi connectivity index (χ4v) is 2.21. The van der Waals surface area contributed by atoms with Gasteiger partial charge in [0.05, 0.1) is 24.8 Å². The number of hydrogen-bond donors (Lipinski definition) is 1. The van der Waals surface area contributed by atoms with Crippen LogP contribution in [0.4, 0.5) is 18.9 Å². The summed E-state index contributed by atoms with van der Waals surface area (Å²) >= 11 is 0. The minimum atomic E-state index is -4.42. The molecule has 1 aromatic rings. The monoisotopic (exact) mass is 302 g/mol. The van der Waals surface area contributed by atoms with Crippen LogP contribution < -0.4 is 5.32 Å². The van der Waals surface area contributed by atoms with Gasteiger partial charge >= 0.3 is 6.18 Å². The van der Waals surface area contributed by atoms with Gasteiger partial charge in [-0.1, -0.05) is 6.07 Å². The Bertz CT molecular complexity index is 505. The van der Waals surface area contributed by atoms with Crippen LogP contribution in [0.5, 0.6) is 0 Å². The van der Waals surface area contributed by atoms with E-state index in [4.69, 9.17) is 4.74 Å². The average Bonchev–Trinajstić information content (AvgIpc) is 2.37. The smallest absolute Gasteiger partial charge is 0.376 e. The largest absolute Gasteiger partial charge is 0.416 e. The summed E-state index contributed by atoms with van der Waals surface area (Å²) in [5.41, 5.74) is -0.628. The van der Waals surface area contributed by atoms with E-state index in [1.54, 1.807) is 0 Å². The molecule has 1 unspecified atom stereocenters. The molecule has 2 rings (SSSR count). The van der Waals surface area contributed by atoms with E-state index in [-0.39, 0.29) is 24.2 Å². The predicted molar refractivity (Wildman–Crippen MR) is 71.9 cm³/mol. The number of ether oxygens (including phenoxy) is 1. The summed E-state index contributed by atoms with van der Waals surface area (Å²) in [5, 5.41) is 2.50. The van der Waals surface area contributed by atoms with Crippen molar-refractivity contribution in [2.24, 2.45) is 0 Å². The Kier molecular flexibility index (Phi) is 4.84. The fourth-order valence-electron chi connectivity index (χ4n) is 2.21. The first-order chi connectivity index (χ1) is 9.84. The molecule has 1 heterocycles. The molecule has 1 aliphatic heterocycles. The molecule has 0 aliphatic carbocycles. The van der Waals surface area contributed by atoms with Gasteiger partial charge in [0.2, 0.25) is 5.91 Å². The number of amides is 1. The highest BCUT2D eigenvalue weighted by atomic mass is 19.4. The molecule has 1 N–H and O–H groups in total. The Labute approximate surface area is 120 Å². The molecular formula is C14H17F3N2O2. The second-order valence-corrected chi connectivity index (χ2v) is 5.04. The van der Waals surface area contributed by atoms with Crippen LogP contribution in [-0.4, -0.2) is 43.2 Å². The van der Waals surface area contributed by atoms with Gasteiger partial charge < -0.3 is 10.1 Å². The molecule has 7 heteroatoms. The second kappa shape index (κ2) is 6.44. The molecule has 1 aliphatic rings. The molecular weight excluding hydrogens is 285 g/mol. The lowest BCUT2D eigenvalue weighted by Gasteiger charge is -2.30. The van der Waals surface area contributed by atoms with Crippen LogP contribution >= 0.6 is 0 Å². The van der Waals surface area contributed by atoms with E-state index < -0.39 is 11.7 Å². The lowest BCUT2D eigenvalue weighted by Crippen LogP contribution is -2.44. The molecule has 0 bridgehead atoms. The topological polar surface area (TPSA) is 41.6 Å². The Morgan fingerprint density at radius 3 is 2.90 bits per heavy atom. The summed E-state index contributed by atoms with van der Waals surface area (Å²) in [4.78, 5) is 13.8. The molecule has 0 aromatic heterocycles. The Morgan fingerprint density at radius 1 is 1.48 bits per heavy atom.